The lowest BCUT2D eigenvalue weighted by molar-refractivity contribution is 0.601. The van der Waals surface area contributed by atoms with E-state index >= 15 is 0 Å². The van der Waals surface area contributed by atoms with Gasteiger partial charge >= 0.3 is 0 Å². The summed E-state index contributed by atoms with van der Waals surface area (Å²) in [6.45, 7) is 0. The fraction of sp³-hybridized carbons (Fsp3) is 0. The van der Waals surface area contributed by atoms with Crippen molar-refractivity contribution in [3.8, 4) is 12.1 Å². The Morgan fingerprint density at radius 1 is 1.05 bits per heavy atom. The molecule has 5 nitrogen and oxygen atoms in total. The molecule has 0 amide bonds. The molecule has 0 unspecified atom stereocenters. The minimum atomic E-state index is -3.94. The topological polar surface area (TPSA) is 93.8 Å². The van der Waals surface area contributed by atoms with Gasteiger partial charge in [-0.2, -0.15) is 10.5 Å². The Balaban J connectivity index is 2.45. The van der Waals surface area contributed by atoms with E-state index in [0.29, 0.717) is 0 Å². The van der Waals surface area contributed by atoms with Gasteiger partial charge in [0, 0.05) is 0 Å². The molecule has 104 valence electrons. The van der Waals surface area contributed by atoms with E-state index in [0.717, 1.165) is 0 Å². The molecular weight excluding hydrogens is 310 g/mol. The quantitative estimate of drug-likeness (QED) is 0.941. The summed E-state index contributed by atoms with van der Waals surface area (Å²) in [5.41, 5.74) is 0.627. The van der Waals surface area contributed by atoms with Gasteiger partial charge in [-0.15, -0.1) is 0 Å². The van der Waals surface area contributed by atoms with Gasteiger partial charge in [-0.05, 0) is 30.3 Å². The highest BCUT2D eigenvalue weighted by atomic mass is 35.5. The van der Waals surface area contributed by atoms with Gasteiger partial charge < -0.3 is 0 Å². The number of sulfonamides is 1. The Morgan fingerprint density at radius 2 is 1.76 bits per heavy atom. The zero-order valence-corrected chi connectivity index (χ0v) is 12.1. The summed E-state index contributed by atoms with van der Waals surface area (Å²) >= 11 is 5.90. The Hall–Kier alpha value is -2.54. The molecule has 7 heteroatoms. The standard InChI is InChI=1S/C14H8ClN3O2S/c15-12-7-10(8-16)5-6-14(12)21(19,20)18-13-4-2-1-3-11(13)9-17/h1-7,18H. The number of benzene rings is 2. The number of hydrogen-bond acceptors (Lipinski definition) is 4. The Labute approximate surface area is 127 Å². The predicted molar refractivity (Wildman–Crippen MR) is 78.1 cm³/mol. The number of anilines is 1. The van der Waals surface area contributed by atoms with Gasteiger partial charge in [-0.3, -0.25) is 4.72 Å². The summed E-state index contributed by atoms with van der Waals surface area (Å²) in [6.07, 6.45) is 0. The van der Waals surface area contributed by atoms with E-state index in [9.17, 15) is 8.42 Å². The van der Waals surface area contributed by atoms with Crippen molar-refractivity contribution in [2.45, 2.75) is 4.90 Å². The van der Waals surface area contributed by atoms with Crippen molar-refractivity contribution in [2.75, 3.05) is 4.72 Å². The van der Waals surface area contributed by atoms with Crippen LogP contribution in [0.25, 0.3) is 0 Å². The molecule has 2 aromatic rings. The van der Waals surface area contributed by atoms with Gasteiger partial charge in [0.2, 0.25) is 0 Å². The number of para-hydroxylation sites is 1. The van der Waals surface area contributed by atoms with Crippen LogP contribution in [0.4, 0.5) is 5.69 Å². The molecular formula is C14H8ClN3O2S. The number of halogens is 1. The van der Waals surface area contributed by atoms with Crippen molar-refractivity contribution >= 4 is 27.3 Å². The van der Waals surface area contributed by atoms with Crippen LogP contribution >= 0.6 is 11.6 Å². The van der Waals surface area contributed by atoms with Gasteiger partial charge in [0.05, 0.1) is 27.9 Å². The second-order valence-corrected chi connectivity index (χ2v) is 6.08. The fourth-order valence-corrected chi connectivity index (χ4v) is 3.28. The van der Waals surface area contributed by atoms with Crippen LogP contribution in [0.1, 0.15) is 11.1 Å². The number of nitriles is 2. The van der Waals surface area contributed by atoms with Crippen molar-refractivity contribution in [1.29, 1.82) is 10.5 Å². The monoisotopic (exact) mass is 317 g/mol. The molecule has 0 saturated carbocycles. The van der Waals surface area contributed by atoms with Crippen molar-refractivity contribution in [2.24, 2.45) is 0 Å². The van der Waals surface area contributed by atoms with Gasteiger partial charge in [-0.1, -0.05) is 23.7 Å². The molecule has 2 aromatic carbocycles. The molecule has 0 atom stereocenters. The number of nitrogens with zero attached hydrogens (tertiary/aromatic N) is 2. The molecule has 0 aliphatic heterocycles. The number of nitrogens with one attached hydrogen (secondary N) is 1. The molecule has 0 radical (unpaired) electrons. The highest BCUT2D eigenvalue weighted by Crippen LogP contribution is 2.25. The zero-order chi connectivity index (χ0) is 15.5. The predicted octanol–water partition coefficient (Wildman–Crippen LogP) is 2.88. The van der Waals surface area contributed by atoms with Crippen LogP contribution in [-0.4, -0.2) is 8.42 Å². The summed E-state index contributed by atoms with van der Waals surface area (Å²) in [5.74, 6) is 0. The molecule has 0 aliphatic rings. The first-order valence-electron chi connectivity index (χ1n) is 5.69. The van der Waals surface area contributed by atoms with Crippen molar-refractivity contribution < 1.29 is 8.42 Å². The second kappa shape index (κ2) is 5.84. The van der Waals surface area contributed by atoms with Crippen LogP contribution in [-0.2, 0) is 10.0 Å². The van der Waals surface area contributed by atoms with Crippen LogP contribution in [0.5, 0.6) is 0 Å². The van der Waals surface area contributed by atoms with E-state index in [-0.39, 0.29) is 26.7 Å². The molecule has 1 N–H and O–H groups in total. The molecule has 0 spiro atoms. The minimum absolute atomic E-state index is 0.0593. The molecule has 2 rings (SSSR count). The maximum atomic E-state index is 12.3. The van der Waals surface area contributed by atoms with E-state index in [1.165, 1.54) is 30.3 Å². The van der Waals surface area contributed by atoms with Crippen molar-refractivity contribution in [3.05, 3.63) is 58.6 Å². The summed E-state index contributed by atoms with van der Waals surface area (Å²) in [4.78, 5) is -0.157. The molecule has 0 heterocycles. The van der Waals surface area contributed by atoms with Crippen LogP contribution in [0.3, 0.4) is 0 Å². The van der Waals surface area contributed by atoms with E-state index in [4.69, 9.17) is 22.1 Å². The summed E-state index contributed by atoms with van der Waals surface area (Å²) in [5, 5.41) is 17.7. The fourth-order valence-electron chi connectivity index (χ4n) is 1.66. The zero-order valence-electron chi connectivity index (χ0n) is 10.5. The third-order valence-electron chi connectivity index (χ3n) is 2.64. The first kappa shape index (κ1) is 14.9. The highest BCUT2D eigenvalue weighted by molar-refractivity contribution is 7.92. The smallest absolute Gasteiger partial charge is 0.263 e. The molecule has 0 bridgehead atoms. The number of rotatable bonds is 3. The molecule has 0 aromatic heterocycles. The largest absolute Gasteiger partial charge is 0.278 e. The van der Waals surface area contributed by atoms with Gasteiger partial charge in [0.1, 0.15) is 11.0 Å². The van der Waals surface area contributed by atoms with Crippen LogP contribution < -0.4 is 4.72 Å². The van der Waals surface area contributed by atoms with Gasteiger partial charge in [0.15, 0.2) is 0 Å². The molecule has 0 aliphatic carbocycles. The lowest BCUT2D eigenvalue weighted by Gasteiger charge is -2.10. The van der Waals surface area contributed by atoms with E-state index < -0.39 is 10.0 Å². The minimum Gasteiger partial charge on any atom is -0.278 e. The average molecular weight is 318 g/mol. The third kappa shape index (κ3) is 3.14. The van der Waals surface area contributed by atoms with Crippen molar-refractivity contribution in [3.63, 3.8) is 0 Å². The first-order valence-corrected chi connectivity index (χ1v) is 7.55. The Morgan fingerprint density at radius 3 is 2.38 bits per heavy atom. The Bertz CT molecular complexity index is 880. The third-order valence-corrected chi connectivity index (χ3v) is 4.49. The SMILES string of the molecule is N#Cc1ccc(S(=O)(=O)Nc2ccccc2C#N)c(Cl)c1. The average Bonchev–Trinajstić information content (AvgIpc) is 2.47. The van der Waals surface area contributed by atoms with Crippen LogP contribution in [0.2, 0.25) is 5.02 Å². The van der Waals surface area contributed by atoms with Gasteiger partial charge in [0.25, 0.3) is 10.0 Å². The lowest BCUT2D eigenvalue weighted by Crippen LogP contribution is -2.14. The summed E-state index contributed by atoms with van der Waals surface area (Å²) < 4.78 is 26.9. The maximum absolute atomic E-state index is 12.3. The number of hydrogen-bond donors (Lipinski definition) is 1. The second-order valence-electron chi connectivity index (χ2n) is 4.02. The highest BCUT2D eigenvalue weighted by Gasteiger charge is 2.19. The molecule has 21 heavy (non-hydrogen) atoms. The van der Waals surface area contributed by atoms with Gasteiger partial charge in [-0.25, -0.2) is 8.42 Å². The van der Waals surface area contributed by atoms with Crippen molar-refractivity contribution in [1.82, 2.24) is 0 Å². The van der Waals surface area contributed by atoms with Crippen LogP contribution in [0, 0.1) is 22.7 Å². The summed E-state index contributed by atoms with van der Waals surface area (Å²) in [6, 6.07) is 13.9. The lowest BCUT2D eigenvalue weighted by atomic mass is 10.2. The molecule has 0 fully saturated rings. The van der Waals surface area contributed by atoms with Crippen LogP contribution in [0.15, 0.2) is 47.4 Å². The van der Waals surface area contributed by atoms with E-state index in [2.05, 4.69) is 4.72 Å². The van der Waals surface area contributed by atoms with E-state index in [1.54, 1.807) is 12.1 Å². The molecule has 0 saturated heterocycles. The van der Waals surface area contributed by atoms with E-state index in [1.807, 2.05) is 12.1 Å². The maximum Gasteiger partial charge on any atom is 0.263 e. The summed E-state index contributed by atoms with van der Waals surface area (Å²) in [7, 11) is -3.94. The normalized spacial score (nSPS) is 10.4. The first-order chi connectivity index (χ1) is 9.97. The Kier molecular flexibility index (Phi) is 4.13.